The molecule has 1 nitrogen and oxygen atoms in total. The Morgan fingerprint density at radius 2 is 1.92 bits per heavy atom. The van der Waals surface area contributed by atoms with Gasteiger partial charge in [-0.2, -0.15) is 11.8 Å². The van der Waals surface area contributed by atoms with E-state index in [4.69, 9.17) is 0 Å². The van der Waals surface area contributed by atoms with Crippen LogP contribution in [-0.4, -0.2) is 24.1 Å². The summed E-state index contributed by atoms with van der Waals surface area (Å²) in [5, 5.41) is 4.25. The van der Waals surface area contributed by atoms with Crippen LogP contribution in [-0.2, 0) is 0 Å². The number of thioether (sulfide) groups is 1. The van der Waals surface area contributed by atoms with E-state index in [1.807, 2.05) is 0 Å². The number of rotatable bonds is 5. The molecule has 0 bridgehead atoms. The third kappa shape index (κ3) is 3.90. The highest BCUT2D eigenvalue weighted by Crippen LogP contribution is 2.29. The van der Waals surface area contributed by atoms with Gasteiger partial charge in [0, 0.05) is 11.8 Å². The van der Waals surface area contributed by atoms with Crippen molar-refractivity contribution in [2.75, 3.05) is 12.8 Å². The van der Waals surface area contributed by atoms with E-state index in [9.17, 15) is 0 Å². The fourth-order valence-corrected chi connectivity index (χ4v) is 3.14. The average molecular weight is 201 g/mol. The van der Waals surface area contributed by atoms with Gasteiger partial charge in [-0.25, -0.2) is 0 Å². The van der Waals surface area contributed by atoms with E-state index in [0.29, 0.717) is 0 Å². The first-order valence-electron chi connectivity index (χ1n) is 5.53. The second kappa shape index (κ2) is 5.92. The van der Waals surface area contributed by atoms with Gasteiger partial charge in [0.2, 0.25) is 0 Å². The Bertz CT molecular complexity index is 130. The zero-order valence-corrected chi connectivity index (χ0v) is 9.99. The summed E-state index contributed by atoms with van der Waals surface area (Å²) in [4.78, 5) is 0. The lowest BCUT2D eigenvalue weighted by molar-refractivity contribution is 0.410. The molecule has 78 valence electrons. The third-order valence-corrected chi connectivity index (χ3v) is 4.17. The standard InChI is InChI=1S/C11H23NS/c1-9(2)13-8-11(12-3)10-6-4-5-7-10/h9-12H,4-8H2,1-3H3. The summed E-state index contributed by atoms with van der Waals surface area (Å²) in [6.07, 6.45) is 5.80. The Morgan fingerprint density at radius 1 is 1.31 bits per heavy atom. The molecule has 1 unspecified atom stereocenters. The van der Waals surface area contributed by atoms with Gasteiger partial charge in [0.25, 0.3) is 0 Å². The van der Waals surface area contributed by atoms with Crippen molar-refractivity contribution in [3.05, 3.63) is 0 Å². The van der Waals surface area contributed by atoms with Crippen LogP contribution in [0.3, 0.4) is 0 Å². The van der Waals surface area contributed by atoms with E-state index >= 15 is 0 Å². The summed E-state index contributed by atoms with van der Waals surface area (Å²) in [6.45, 7) is 4.57. The Kier molecular flexibility index (Phi) is 5.18. The summed E-state index contributed by atoms with van der Waals surface area (Å²) in [6, 6.07) is 0.759. The minimum atomic E-state index is 0.759. The highest BCUT2D eigenvalue weighted by molar-refractivity contribution is 7.99. The van der Waals surface area contributed by atoms with Crippen molar-refractivity contribution in [3.63, 3.8) is 0 Å². The molecule has 0 radical (unpaired) electrons. The van der Waals surface area contributed by atoms with Gasteiger partial charge >= 0.3 is 0 Å². The highest BCUT2D eigenvalue weighted by atomic mass is 32.2. The molecule has 0 aromatic rings. The largest absolute Gasteiger partial charge is 0.316 e. The molecule has 0 aromatic heterocycles. The smallest absolute Gasteiger partial charge is 0.0183 e. The van der Waals surface area contributed by atoms with Gasteiger partial charge in [-0.1, -0.05) is 26.7 Å². The molecule has 1 rings (SSSR count). The summed E-state index contributed by atoms with van der Waals surface area (Å²) >= 11 is 2.09. The predicted octanol–water partition coefficient (Wildman–Crippen LogP) is 2.91. The van der Waals surface area contributed by atoms with Gasteiger partial charge in [-0.15, -0.1) is 0 Å². The van der Waals surface area contributed by atoms with E-state index in [1.165, 1.54) is 31.4 Å². The predicted molar refractivity (Wildman–Crippen MR) is 62.4 cm³/mol. The van der Waals surface area contributed by atoms with Gasteiger partial charge < -0.3 is 5.32 Å². The minimum Gasteiger partial charge on any atom is -0.316 e. The fourth-order valence-electron chi connectivity index (χ4n) is 2.11. The molecule has 1 N–H and O–H groups in total. The van der Waals surface area contributed by atoms with Crippen molar-refractivity contribution >= 4 is 11.8 Å². The number of hydrogen-bond donors (Lipinski definition) is 1. The van der Waals surface area contributed by atoms with E-state index in [1.54, 1.807) is 0 Å². The lowest BCUT2D eigenvalue weighted by atomic mass is 10.0. The lowest BCUT2D eigenvalue weighted by Crippen LogP contribution is -2.34. The van der Waals surface area contributed by atoms with Crippen molar-refractivity contribution in [2.24, 2.45) is 5.92 Å². The molecular formula is C11H23NS. The van der Waals surface area contributed by atoms with Crippen LogP contribution in [0.25, 0.3) is 0 Å². The van der Waals surface area contributed by atoms with Crippen LogP contribution in [0.2, 0.25) is 0 Å². The quantitative estimate of drug-likeness (QED) is 0.734. The Labute approximate surface area is 87.1 Å². The van der Waals surface area contributed by atoms with Gasteiger partial charge in [-0.05, 0) is 31.1 Å². The first-order valence-corrected chi connectivity index (χ1v) is 6.57. The molecule has 0 amide bonds. The topological polar surface area (TPSA) is 12.0 Å². The molecule has 1 fully saturated rings. The molecule has 0 spiro atoms. The summed E-state index contributed by atoms with van der Waals surface area (Å²) < 4.78 is 0. The van der Waals surface area contributed by atoms with Crippen molar-refractivity contribution in [1.29, 1.82) is 0 Å². The number of nitrogens with one attached hydrogen (secondary N) is 1. The van der Waals surface area contributed by atoms with Crippen LogP contribution in [0.4, 0.5) is 0 Å². The third-order valence-electron chi connectivity index (χ3n) is 2.95. The monoisotopic (exact) mass is 201 g/mol. The van der Waals surface area contributed by atoms with Crippen molar-refractivity contribution in [3.8, 4) is 0 Å². The first kappa shape index (κ1) is 11.4. The Balaban J connectivity index is 2.24. The van der Waals surface area contributed by atoms with Crippen LogP contribution in [0.15, 0.2) is 0 Å². The van der Waals surface area contributed by atoms with Crippen molar-refractivity contribution < 1.29 is 0 Å². The lowest BCUT2D eigenvalue weighted by Gasteiger charge is -2.23. The van der Waals surface area contributed by atoms with Gasteiger partial charge in [-0.3, -0.25) is 0 Å². The highest BCUT2D eigenvalue weighted by Gasteiger charge is 2.23. The van der Waals surface area contributed by atoms with Crippen LogP contribution < -0.4 is 5.32 Å². The van der Waals surface area contributed by atoms with Crippen molar-refractivity contribution in [1.82, 2.24) is 5.32 Å². The second-order valence-electron chi connectivity index (χ2n) is 4.32. The molecule has 1 saturated carbocycles. The maximum Gasteiger partial charge on any atom is 0.0183 e. The molecule has 0 saturated heterocycles. The summed E-state index contributed by atoms with van der Waals surface area (Å²) in [5.41, 5.74) is 0. The van der Waals surface area contributed by atoms with Crippen LogP contribution in [0, 0.1) is 5.92 Å². The molecule has 0 aromatic carbocycles. The van der Waals surface area contributed by atoms with Gasteiger partial charge in [0.05, 0.1) is 0 Å². The van der Waals surface area contributed by atoms with Crippen LogP contribution in [0.5, 0.6) is 0 Å². The molecule has 0 aliphatic heterocycles. The zero-order chi connectivity index (χ0) is 9.68. The zero-order valence-electron chi connectivity index (χ0n) is 9.18. The van der Waals surface area contributed by atoms with E-state index in [2.05, 4.69) is 38.0 Å². The van der Waals surface area contributed by atoms with Crippen LogP contribution >= 0.6 is 11.8 Å². The molecule has 1 aliphatic carbocycles. The second-order valence-corrected chi connectivity index (χ2v) is 5.93. The van der Waals surface area contributed by atoms with E-state index in [-0.39, 0.29) is 0 Å². The Hall–Kier alpha value is 0.310. The van der Waals surface area contributed by atoms with E-state index in [0.717, 1.165) is 17.2 Å². The molecule has 1 aliphatic rings. The SMILES string of the molecule is CNC(CSC(C)C)C1CCCC1. The maximum atomic E-state index is 3.48. The fraction of sp³-hybridized carbons (Fsp3) is 1.00. The molecule has 13 heavy (non-hydrogen) atoms. The molecule has 1 atom stereocenters. The van der Waals surface area contributed by atoms with Gasteiger partial charge in [0.1, 0.15) is 0 Å². The summed E-state index contributed by atoms with van der Waals surface area (Å²) in [7, 11) is 2.11. The van der Waals surface area contributed by atoms with E-state index < -0.39 is 0 Å². The molecule has 0 heterocycles. The van der Waals surface area contributed by atoms with Gasteiger partial charge in [0.15, 0.2) is 0 Å². The average Bonchev–Trinajstić information content (AvgIpc) is 2.58. The first-order chi connectivity index (χ1) is 6.24. The van der Waals surface area contributed by atoms with Crippen LogP contribution in [0.1, 0.15) is 39.5 Å². The normalized spacial score (nSPS) is 21.2. The van der Waals surface area contributed by atoms with Crippen molar-refractivity contribution in [2.45, 2.75) is 50.8 Å². The molecule has 2 heteroatoms. The minimum absolute atomic E-state index is 0.759. The molecular weight excluding hydrogens is 178 g/mol. The maximum absolute atomic E-state index is 3.48. The number of hydrogen-bond acceptors (Lipinski definition) is 2. The summed E-state index contributed by atoms with van der Waals surface area (Å²) in [5.74, 6) is 2.25. The Morgan fingerprint density at radius 3 is 2.38 bits per heavy atom.